The van der Waals surface area contributed by atoms with Crippen LogP contribution in [0.4, 0.5) is 5.69 Å². The topological polar surface area (TPSA) is 89.7 Å². The fourth-order valence-corrected chi connectivity index (χ4v) is 0.959. The molecule has 2 rings (SSSR count). The van der Waals surface area contributed by atoms with Gasteiger partial charge >= 0.3 is 0 Å². The van der Waals surface area contributed by atoms with E-state index in [1.54, 1.807) is 6.07 Å². The molecule has 0 radical (unpaired) electrons. The number of anilines is 1. The maximum absolute atomic E-state index is 5.59. The van der Waals surface area contributed by atoms with E-state index in [0.29, 0.717) is 17.4 Å². The third kappa shape index (κ3) is 1.63. The van der Waals surface area contributed by atoms with Gasteiger partial charge < -0.3 is 10.5 Å². The lowest BCUT2D eigenvalue weighted by molar-refractivity contribution is 0.444. The fraction of sp³-hybridized carbons (Fsp3) is 0.125. The van der Waals surface area contributed by atoms with Crippen molar-refractivity contribution in [2.75, 3.05) is 5.73 Å². The van der Waals surface area contributed by atoms with Crippen molar-refractivity contribution in [1.29, 1.82) is 0 Å². The number of nitrogens with two attached hydrogens (primary N) is 1. The summed E-state index contributed by atoms with van der Waals surface area (Å²) in [6, 6.07) is 1.75. The highest BCUT2D eigenvalue weighted by Gasteiger charge is 2.05. The molecule has 2 aromatic heterocycles. The van der Waals surface area contributed by atoms with Crippen LogP contribution in [0.15, 0.2) is 18.6 Å². The largest absolute Gasteiger partial charge is 0.417 e. The lowest BCUT2D eigenvalue weighted by atomic mass is 10.5. The van der Waals surface area contributed by atoms with Crippen molar-refractivity contribution in [2.24, 2.45) is 0 Å². The summed E-state index contributed by atoms with van der Waals surface area (Å²) < 4.78 is 5.31. The van der Waals surface area contributed by atoms with Crippen LogP contribution < -0.4 is 10.5 Å². The number of aromatic amines is 1. The van der Waals surface area contributed by atoms with Gasteiger partial charge in [-0.3, -0.25) is 5.10 Å². The maximum Gasteiger partial charge on any atom is 0.247 e. The first kappa shape index (κ1) is 8.49. The summed E-state index contributed by atoms with van der Waals surface area (Å²) in [7, 11) is 0. The second-order valence-electron chi connectivity index (χ2n) is 2.77. The van der Waals surface area contributed by atoms with Crippen LogP contribution in [0.25, 0.3) is 0 Å². The van der Waals surface area contributed by atoms with Crippen LogP contribution in [-0.4, -0.2) is 20.2 Å². The van der Waals surface area contributed by atoms with E-state index >= 15 is 0 Å². The zero-order chi connectivity index (χ0) is 9.97. The molecule has 0 aliphatic heterocycles. The van der Waals surface area contributed by atoms with Crippen molar-refractivity contribution in [3.63, 3.8) is 0 Å². The highest BCUT2D eigenvalue weighted by Crippen LogP contribution is 2.21. The zero-order valence-electron chi connectivity index (χ0n) is 7.56. The van der Waals surface area contributed by atoms with Gasteiger partial charge in [0.2, 0.25) is 11.8 Å². The van der Waals surface area contributed by atoms with Crippen LogP contribution in [0, 0.1) is 6.92 Å². The van der Waals surface area contributed by atoms with E-state index in [0.717, 1.165) is 5.69 Å². The minimum Gasteiger partial charge on any atom is -0.417 e. The highest BCUT2D eigenvalue weighted by atomic mass is 16.5. The summed E-state index contributed by atoms with van der Waals surface area (Å²) in [5, 5.41) is 6.64. The third-order valence-corrected chi connectivity index (χ3v) is 1.59. The van der Waals surface area contributed by atoms with Crippen LogP contribution in [0.2, 0.25) is 0 Å². The molecule has 0 aromatic carbocycles. The predicted octanol–water partition coefficient (Wildman–Crippen LogP) is 0.883. The Labute approximate surface area is 80.1 Å². The Morgan fingerprint density at radius 3 is 3.00 bits per heavy atom. The Kier molecular flexibility index (Phi) is 2.02. The summed E-state index contributed by atoms with van der Waals surface area (Å²) in [6.45, 7) is 1.88. The van der Waals surface area contributed by atoms with Gasteiger partial charge in [-0.1, -0.05) is 0 Å². The smallest absolute Gasteiger partial charge is 0.247 e. The molecule has 6 nitrogen and oxygen atoms in total. The van der Waals surface area contributed by atoms with E-state index in [4.69, 9.17) is 10.5 Å². The van der Waals surface area contributed by atoms with E-state index in [1.807, 2.05) is 6.92 Å². The number of ether oxygens (including phenoxy) is 1. The van der Waals surface area contributed by atoms with Gasteiger partial charge in [-0.2, -0.15) is 4.98 Å². The number of nitrogens with zero attached hydrogens (tertiary/aromatic N) is 3. The Balaban J connectivity index is 2.23. The molecule has 2 aromatic rings. The van der Waals surface area contributed by atoms with Crippen molar-refractivity contribution in [1.82, 2.24) is 20.2 Å². The molecule has 0 fully saturated rings. The summed E-state index contributed by atoms with van der Waals surface area (Å²) in [5.41, 5.74) is 6.88. The average molecular weight is 191 g/mol. The van der Waals surface area contributed by atoms with Crippen LogP contribution in [-0.2, 0) is 0 Å². The summed E-state index contributed by atoms with van der Waals surface area (Å²) in [6.07, 6.45) is 2.84. The first-order valence-corrected chi connectivity index (χ1v) is 4.01. The van der Waals surface area contributed by atoms with Crippen molar-refractivity contribution >= 4 is 5.69 Å². The SMILES string of the molecule is Cc1cc(Oc2ncncc2N)n[nH]1. The molecule has 6 heteroatoms. The molecule has 0 amide bonds. The predicted molar refractivity (Wildman–Crippen MR) is 49.8 cm³/mol. The number of aryl methyl sites for hydroxylation is 1. The lowest BCUT2D eigenvalue weighted by Crippen LogP contribution is -1.95. The minimum absolute atomic E-state index is 0.312. The standard InChI is InChI=1S/C8H9N5O/c1-5-2-7(13-12-5)14-8-6(9)3-10-4-11-8/h2-4H,9H2,1H3,(H,12,13). The van der Waals surface area contributed by atoms with E-state index in [-0.39, 0.29) is 0 Å². The molecule has 0 spiro atoms. The second kappa shape index (κ2) is 3.33. The van der Waals surface area contributed by atoms with Crippen molar-refractivity contribution in [2.45, 2.75) is 6.92 Å². The van der Waals surface area contributed by atoms with Crippen LogP contribution >= 0.6 is 0 Å². The maximum atomic E-state index is 5.59. The first-order chi connectivity index (χ1) is 6.75. The molecule has 0 bridgehead atoms. The van der Waals surface area contributed by atoms with E-state index in [1.165, 1.54) is 12.5 Å². The number of nitrogens with one attached hydrogen (secondary N) is 1. The Morgan fingerprint density at radius 2 is 2.36 bits per heavy atom. The fourth-order valence-electron chi connectivity index (χ4n) is 0.959. The number of hydrogen-bond acceptors (Lipinski definition) is 5. The molecule has 0 aliphatic carbocycles. The number of rotatable bonds is 2. The normalized spacial score (nSPS) is 10.1. The summed E-state index contributed by atoms with van der Waals surface area (Å²) in [5.74, 6) is 0.749. The van der Waals surface area contributed by atoms with Crippen molar-refractivity contribution in [3.8, 4) is 11.8 Å². The average Bonchev–Trinajstić information content (AvgIpc) is 2.56. The molecule has 14 heavy (non-hydrogen) atoms. The molecule has 0 saturated carbocycles. The Morgan fingerprint density at radius 1 is 1.50 bits per heavy atom. The van der Waals surface area contributed by atoms with Gasteiger partial charge in [0.25, 0.3) is 0 Å². The van der Waals surface area contributed by atoms with Gasteiger partial charge in [-0.25, -0.2) is 4.98 Å². The summed E-state index contributed by atoms with van der Waals surface area (Å²) in [4.78, 5) is 7.62. The van der Waals surface area contributed by atoms with E-state index in [9.17, 15) is 0 Å². The molecule has 0 unspecified atom stereocenters. The number of hydrogen-bond donors (Lipinski definition) is 2. The van der Waals surface area contributed by atoms with Crippen molar-refractivity contribution in [3.05, 3.63) is 24.3 Å². The molecule has 0 atom stereocenters. The molecular formula is C8H9N5O. The van der Waals surface area contributed by atoms with E-state index in [2.05, 4.69) is 20.2 Å². The monoisotopic (exact) mass is 191 g/mol. The first-order valence-electron chi connectivity index (χ1n) is 4.01. The molecule has 3 N–H and O–H groups in total. The number of H-pyrrole nitrogens is 1. The van der Waals surface area contributed by atoms with Crippen LogP contribution in [0.3, 0.4) is 0 Å². The van der Waals surface area contributed by atoms with E-state index < -0.39 is 0 Å². The highest BCUT2D eigenvalue weighted by molar-refractivity contribution is 5.46. The molecule has 72 valence electrons. The molecule has 2 heterocycles. The Bertz CT molecular complexity index is 439. The number of aromatic nitrogens is 4. The van der Waals surface area contributed by atoms with Gasteiger partial charge in [0.1, 0.15) is 12.0 Å². The number of nitrogen functional groups attached to an aromatic ring is 1. The van der Waals surface area contributed by atoms with Crippen LogP contribution in [0.1, 0.15) is 5.69 Å². The van der Waals surface area contributed by atoms with Gasteiger partial charge in [0.05, 0.1) is 6.20 Å². The van der Waals surface area contributed by atoms with Gasteiger partial charge in [0.15, 0.2) is 0 Å². The van der Waals surface area contributed by atoms with Gasteiger partial charge in [-0.05, 0) is 6.92 Å². The summed E-state index contributed by atoms with van der Waals surface area (Å²) >= 11 is 0. The second-order valence-corrected chi connectivity index (χ2v) is 2.77. The van der Waals surface area contributed by atoms with Gasteiger partial charge in [-0.15, -0.1) is 5.10 Å². The zero-order valence-corrected chi connectivity index (χ0v) is 7.56. The minimum atomic E-state index is 0.312. The molecule has 0 saturated heterocycles. The lowest BCUT2D eigenvalue weighted by Gasteiger charge is -2.01. The van der Waals surface area contributed by atoms with Gasteiger partial charge in [0, 0.05) is 11.8 Å². The molecule has 0 aliphatic rings. The van der Waals surface area contributed by atoms with Crippen LogP contribution in [0.5, 0.6) is 11.8 Å². The van der Waals surface area contributed by atoms with Crippen molar-refractivity contribution < 1.29 is 4.74 Å². The quantitative estimate of drug-likeness (QED) is 0.735. The molecular weight excluding hydrogens is 182 g/mol. The Hall–Kier alpha value is -2.11. The third-order valence-electron chi connectivity index (χ3n) is 1.59.